The lowest BCUT2D eigenvalue weighted by atomic mass is 9.94. The van der Waals surface area contributed by atoms with Crippen molar-refractivity contribution in [1.82, 2.24) is 0 Å². The van der Waals surface area contributed by atoms with Crippen molar-refractivity contribution in [3.63, 3.8) is 0 Å². The summed E-state index contributed by atoms with van der Waals surface area (Å²) in [7, 11) is 0. The Morgan fingerprint density at radius 3 is 2.58 bits per heavy atom. The topological polar surface area (TPSA) is 57.2 Å². The zero-order valence-electron chi connectivity index (χ0n) is 15.5. The zero-order chi connectivity index (χ0) is 18.0. The molecule has 5 nitrogen and oxygen atoms in total. The second-order valence-corrected chi connectivity index (χ2v) is 7.94. The van der Waals surface area contributed by atoms with Crippen LogP contribution in [0.15, 0.2) is 30.3 Å². The molecule has 0 amide bonds. The SMILES string of the molecule is CC(CO)[C@@H]1O[C@H](COCc2ccccc2)[C@H]2OC3(CCCCC3)O[C@H]21. The highest BCUT2D eigenvalue weighted by atomic mass is 16.8. The maximum atomic E-state index is 9.62. The van der Waals surface area contributed by atoms with Crippen molar-refractivity contribution >= 4 is 0 Å². The molecule has 2 heterocycles. The Balaban J connectivity index is 1.41. The van der Waals surface area contributed by atoms with E-state index in [1.165, 1.54) is 6.42 Å². The molecule has 0 aromatic heterocycles. The van der Waals surface area contributed by atoms with Gasteiger partial charge in [-0.2, -0.15) is 0 Å². The van der Waals surface area contributed by atoms with Crippen LogP contribution in [0.3, 0.4) is 0 Å². The van der Waals surface area contributed by atoms with E-state index >= 15 is 0 Å². The third kappa shape index (κ3) is 3.69. The molecular formula is C21H30O5. The summed E-state index contributed by atoms with van der Waals surface area (Å²) in [6, 6.07) is 10.1. The Bertz CT molecular complexity index is 571. The van der Waals surface area contributed by atoms with Crippen LogP contribution in [0, 0.1) is 5.92 Å². The number of hydrogen-bond donors (Lipinski definition) is 1. The van der Waals surface area contributed by atoms with Crippen molar-refractivity contribution < 1.29 is 24.1 Å². The summed E-state index contributed by atoms with van der Waals surface area (Å²) in [5, 5.41) is 9.62. The molecule has 5 atom stereocenters. The average molecular weight is 362 g/mol. The van der Waals surface area contributed by atoms with Crippen LogP contribution < -0.4 is 0 Å². The van der Waals surface area contributed by atoms with Gasteiger partial charge in [-0.05, 0) is 18.4 Å². The van der Waals surface area contributed by atoms with Gasteiger partial charge in [-0.3, -0.25) is 0 Å². The molecule has 1 saturated carbocycles. The molecule has 26 heavy (non-hydrogen) atoms. The zero-order valence-corrected chi connectivity index (χ0v) is 15.5. The van der Waals surface area contributed by atoms with Crippen molar-refractivity contribution in [3.8, 4) is 0 Å². The van der Waals surface area contributed by atoms with Crippen molar-refractivity contribution in [3.05, 3.63) is 35.9 Å². The van der Waals surface area contributed by atoms with Crippen molar-refractivity contribution in [2.75, 3.05) is 13.2 Å². The predicted molar refractivity (Wildman–Crippen MR) is 96.6 cm³/mol. The first-order valence-corrected chi connectivity index (χ1v) is 9.94. The highest BCUT2D eigenvalue weighted by Crippen LogP contribution is 2.47. The van der Waals surface area contributed by atoms with E-state index in [4.69, 9.17) is 18.9 Å². The Morgan fingerprint density at radius 1 is 1.12 bits per heavy atom. The Labute approximate surface area is 155 Å². The highest BCUT2D eigenvalue weighted by Gasteiger charge is 2.58. The van der Waals surface area contributed by atoms with E-state index in [1.54, 1.807) is 0 Å². The third-order valence-corrected chi connectivity index (χ3v) is 5.91. The summed E-state index contributed by atoms with van der Waals surface area (Å²) in [6.45, 7) is 3.13. The van der Waals surface area contributed by atoms with E-state index < -0.39 is 5.79 Å². The molecule has 1 aromatic carbocycles. The Hall–Kier alpha value is -0.980. The van der Waals surface area contributed by atoms with Gasteiger partial charge in [0.2, 0.25) is 0 Å². The minimum Gasteiger partial charge on any atom is -0.396 e. The van der Waals surface area contributed by atoms with Gasteiger partial charge in [0.05, 0.1) is 19.3 Å². The number of benzene rings is 1. The molecule has 1 aliphatic carbocycles. The van der Waals surface area contributed by atoms with E-state index in [0.717, 1.165) is 31.2 Å². The first-order chi connectivity index (χ1) is 12.7. The van der Waals surface area contributed by atoms with Crippen molar-refractivity contribution in [1.29, 1.82) is 0 Å². The summed E-state index contributed by atoms with van der Waals surface area (Å²) >= 11 is 0. The standard InChI is InChI=1S/C21H30O5/c1-15(12-22)18-20-19(25-21(26-20)10-6-3-7-11-21)17(24-18)14-23-13-16-8-4-2-5-9-16/h2,4-5,8-9,15,17-20,22H,3,6-7,10-14H2,1H3/t15?,17-,18+,19-,20+/m1/s1. The van der Waals surface area contributed by atoms with Gasteiger partial charge in [0.15, 0.2) is 5.79 Å². The van der Waals surface area contributed by atoms with Crippen LogP contribution in [0.5, 0.6) is 0 Å². The number of fused-ring (bicyclic) bond motifs is 1. The summed E-state index contributed by atoms with van der Waals surface area (Å²) in [6.07, 6.45) is 4.95. The van der Waals surface area contributed by atoms with Gasteiger partial charge in [0, 0.05) is 25.4 Å². The van der Waals surface area contributed by atoms with Gasteiger partial charge in [-0.1, -0.05) is 43.7 Å². The minimum absolute atomic E-state index is 0.0176. The van der Waals surface area contributed by atoms with Crippen LogP contribution in [0.4, 0.5) is 0 Å². The number of rotatable bonds is 6. The van der Waals surface area contributed by atoms with Crippen LogP contribution in [0.1, 0.15) is 44.6 Å². The first kappa shape index (κ1) is 18.4. The lowest BCUT2D eigenvalue weighted by Crippen LogP contribution is -2.39. The van der Waals surface area contributed by atoms with E-state index in [0.29, 0.717) is 13.2 Å². The summed E-state index contributed by atoms with van der Waals surface area (Å²) in [4.78, 5) is 0. The maximum Gasteiger partial charge on any atom is 0.169 e. The molecule has 144 valence electrons. The molecule has 0 radical (unpaired) electrons. The smallest absolute Gasteiger partial charge is 0.169 e. The molecule has 1 N–H and O–H groups in total. The van der Waals surface area contributed by atoms with Gasteiger partial charge in [-0.25, -0.2) is 0 Å². The van der Waals surface area contributed by atoms with Crippen LogP contribution in [-0.2, 0) is 25.6 Å². The fourth-order valence-corrected chi connectivity index (χ4v) is 4.45. The third-order valence-electron chi connectivity index (χ3n) is 5.91. The van der Waals surface area contributed by atoms with Crippen LogP contribution in [0.2, 0.25) is 0 Å². The predicted octanol–water partition coefficient (Wildman–Crippen LogP) is 3.04. The number of aliphatic hydroxyl groups excluding tert-OH is 1. The van der Waals surface area contributed by atoms with Crippen LogP contribution in [0.25, 0.3) is 0 Å². The molecule has 3 fully saturated rings. The fourth-order valence-electron chi connectivity index (χ4n) is 4.45. The van der Waals surface area contributed by atoms with Gasteiger partial charge in [0.1, 0.15) is 18.3 Å². The van der Waals surface area contributed by atoms with Gasteiger partial charge in [0.25, 0.3) is 0 Å². The Morgan fingerprint density at radius 2 is 1.85 bits per heavy atom. The first-order valence-electron chi connectivity index (χ1n) is 9.94. The quantitative estimate of drug-likeness (QED) is 0.843. The van der Waals surface area contributed by atoms with Gasteiger partial charge in [-0.15, -0.1) is 0 Å². The van der Waals surface area contributed by atoms with Crippen molar-refractivity contribution in [2.24, 2.45) is 5.92 Å². The minimum atomic E-state index is -0.442. The normalized spacial score (nSPS) is 34.1. The van der Waals surface area contributed by atoms with Crippen LogP contribution >= 0.6 is 0 Å². The largest absolute Gasteiger partial charge is 0.396 e. The highest BCUT2D eigenvalue weighted by molar-refractivity contribution is 5.13. The summed E-state index contributed by atoms with van der Waals surface area (Å²) in [5.74, 6) is -0.424. The molecule has 1 unspecified atom stereocenters. The number of ether oxygens (including phenoxy) is 4. The molecule has 1 spiro atoms. The lowest BCUT2D eigenvalue weighted by molar-refractivity contribution is -0.231. The second-order valence-electron chi connectivity index (χ2n) is 7.94. The molecule has 1 aromatic rings. The number of hydrogen-bond acceptors (Lipinski definition) is 5. The summed E-state index contributed by atoms with van der Waals surface area (Å²) in [5.41, 5.74) is 1.15. The molecule has 3 aliphatic rings. The van der Waals surface area contributed by atoms with Crippen LogP contribution in [-0.4, -0.2) is 48.5 Å². The lowest BCUT2D eigenvalue weighted by Gasteiger charge is -2.34. The Kier molecular flexibility index (Phi) is 5.62. The van der Waals surface area contributed by atoms with Crippen molar-refractivity contribution in [2.45, 2.75) is 75.8 Å². The summed E-state index contributed by atoms with van der Waals surface area (Å²) < 4.78 is 25.0. The maximum absolute atomic E-state index is 9.62. The molecule has 2 saturated heterocycles. The molecule has 2 aliphatic heterocycles. The molecule has 5 heteroatoms. The van der Waals surface area contributed by atoms with E-state index in [-0.39, 0.29) is 36.9 Å². The van der Waals surface area contributed by atoms with E-state index in [9.17, 15) is 5.11 Å². The average Bonchev–Trinajstić information content (AvgIpc) is 3.18. The molecule has 0 bridgehead atoms. The van der Waals surface area contributed by atoms with E-state index in [1.807, 2.05) is 25.1 Å². The van der Waals surface area contributed by atoms with Gasteiger partial charge < -0.3 is 24.1 Å². The molecular weight excluding hydrogens is 332 g/mol. The second kappa shape index (κ2) is 7.95. The monoisotopic (exact) mass is 362 g/mol. The fraction of sp³-hybridized carbons (Fsp3) is 0.714. The van der Waals surface area contributed by atoms with Gasteiger partial charge >= 0.3 is 0 Å². The molecule has 4 rings (SSSR count). The number of aliphatic hydroxyl groups is 1. The van der Waals surface area contributed by atoms with E-state index in [2.05, 4.69) is 12.1 Å².